The van der Waals surface area contributed by atoms with Crippen LogP contribution in [0.3, 0.4) is 0 Å². The zero-order valence-electron chi connectivity index (χ0n) is 13.7. The fourth-order valence-corrected chi connectivity index (χ4v) is 3.82. The molecule has 0 bridgehead atoms. The zero-order chi connectivity index (χ0) is 17.2. The van der Waals surface area contributed by atoms with Gasteiger partial charge in [-0.15, -0.1) is 0 Å². The van der Waals surface area contributed by atoms with Gasteiger partial charge in [-0.1, -0.05) is 53.2 Å². The van der Waals surface area contributed by atoms with Crippen LogP contribution in [0.4, 0.5) is 0 Å². The molecule has 2 aromatic rings. The summed E-state index contributed by atoms with van der Waals surface area (Å²) in [6, 6.07) is 16.5. The molecule has 1 aliphatic rings. The van der Waals surface area contributed by atoms with E-state index in [4.69, 9.17) is 4.84 Å². The molecule has 0 fully saturated rings. The van der Waals surface area contributed by atoms with Crippen LogP contribution in [-0.4, -0.2) is 38.1 Å². The smallest absolute Gasteiger partial charge is 0.242 e. The molecule has 0 saturated carbocycles. The summed E-state index contributed by atoms with van der Waals surface area (Å²) in [5.74, 6) is 0. The van der Waals surface area contributed by atoms with Crippen LogP contribution in [-0.2, 0) is 14.9 Å². The lowest BCUT2D eigenvalue weighted by atomic mass is 10.0. The van der Waals surface area contributed by atoms with Crippen LogP contribution in [0.25, 0.3) is 0 Å². The van der Waals surface area contributed by atoms with Gasteiger partial charge < -0.3 is 4.84 Å². The minimum Gasteiger partial charge on any atom is -0.390 e. The Morgan fingerprint density at radius 2 is 1.79 bits per heavy atom. The largest absolute Gasteiger partial charge is 0.390 e. The van der Waals surface area contributed by atoms with E-state index in [9.17, 15) is 8.42 Å². The van der Waals surface area contributed by atoms with Crippen LogP contribution >= 0.6 is 0 Å². The third-order valence-corrected chi connectivity index (χ3v) is 5.87. The fraction of sp³-hybridized carbons (Fsp3) is 0.278. The maximum absolute atomic E-state index is 12.5. The van der Waals surface area contributed by atoms with E-state index in [1.807, 2.05) is 31.2 Å². The highest BCUT2D eigenvalue weighted by Gasteiger charge is 2.28. The second-order valence-corrected chi connectivity index (χ2v) is 7.98. The topological polar surface area (TPSA) is 59.0 Å². The van der Waals surface area contributed by atoms with Crippen LogP contribution < -0.4 is 0 Å². The summed E-state index contributed by atoms with van der Waals surface area (Å²) in [5, 5.41) is 4.12. The molecular formula is C18H20N2O3S. The van der Waals surface area contributed by atoms with Crippen LogP contribution in [0, 0.1) is 6.92 Å². The number of aryl methyl sites for hydroxylation is 1. The summed E-state index contributed by atoms with van der Waals surface area (Å²) in [4.78, 5) is 5.72. The minimum absolute atomic E-state index is 0.260. The molecule has 3 rings (SSSR count). The van der Waals surface area contributed by atoms with Crippen molar-refractivity contribution in [2.45, 2.75) is 24.3 Å². The first-order valence-corrected chi connectivity index (χ1v) is 9.22. The van der Waals surface area contributed by atoms with Crippen molar-refractivity contribution in [2.24, 2.45) is 5.16 Å². The minimum atomic E-state index is -3.51. The Labute approximate surface area is 142 Å². The van der Waals surface area contributed by atoms with Gasteiger partial charge in [0.15, 0.2) is 0 Å². The molecule has 0 saturated heterocycles. The molecule has 1 atom stereocenters. The number of nitrogens with zero attached hydrogens (tertiary/aromatic N) is 2. The molecule has 0 amide bonds. The first kappa shape index (κ1) is 16.7. The maximum atomic E-state index is 12.5. The predicted molar refractivity (Wildman–Crippen MR) is 93.5 cm³/mol. The number of rotatable bonds is 5. The molecule has 0 N–H and O–H groups in total. The van der Waals surface area contributed by atoms with Gasteiger partial charge in [-0.2, -0.15) is 4.31 Å². The summed E-state index contributed by atoms with van der Waals surface area (Å²) in [6.07, 6.45) is 0.322. The molecule has 0 radical (unpaired) electrons. The maximum Gasteiger partial charge on any atom is 0.242 e. The standard InChI is InChI=1S/C18H20N2O3S/c1-14-8-10-15(11-9-14)18-12-16(23-19-18)13-20(2)24(21,22)17-6-4-3-5-7-17/h3-11,16H,12-13H2,1-2H3/t16-/m0/s1. The van der Waals surface area contributed by atoms with Gasteiger partial charge in [0.1, 0.15) is 6.10 Å². The van der Waals surface area contributed by atoms with Crippen molar-refractivity contribution >= 4 is 15.7 Å². The van der Waals surface area contributed by atoms with E-state index in [1.165, 1.54) is 9.87 Å². The van der Waals surface area contributed by atoms with E-state index < -0.39 is 10.0 Å². The van der Waals surface area contributed by atoms with Crippen molar-refractivity contribution in [2.75, 3.05) is 13.6 Å². The highest BCUT2D eigenvalue weighted by molar-refractivity contribution is 7.89. The van der Waals surface area contributed by atoms with E-state index in [0.29, 0.717) is 6.42 Å². The molecule has 0 spiro atoms. The van der Waals surface area contributed by atoms with Gasteiger partial charge in [0.25, 0.3) is 0 Å². The summed E-state index contributed by atoms with van der Waals surface area (Å²) < 4.78 is 26.4. The van der Waals surface area contributed by atoms with Crippen LogP contribution in [0.1, 0.15) is 17.5 Å². The van der Waals surface area contributed by atoms with Gasteiger partial charge in [-0.25, -0.2) is 8.42 Å². The Morgan fingerprint density at radius 3 is 2.46 bits per heavy atom. The summed E-state index contributed by atoms with van der Waals surface area (Å²) in [7, 11) is -1.95. The third kappa shape index (κ3) is 3.49. The van der Waals surface area contributed by atoms with Crippen molar-refractivity contribution < 1.29 is 13.3 Å². The van der Waals surface area contributed by atoms with Gasteiger partial charge in [-0.05, 0) is 24.6 Å². The average Bonchev–Trinajstić information content (AvgIpc) is 3.04. The Kier molecular flexibility index (Phi) is 4.69. The molecule has 5 nitrogen and oxygen atoms in total. The number of sulfonamides is 1. The van der Waals surface area contributed by atoms with E-state index in [1.54, 1.807) is 37.4 Å². The predicted octanol–water partition coefficient (Wildman–Crippen LogP) is 2.81. The molecular weight excluding hydrogens is 324 g/mol. The Morgan fingerprint density at radius 1 is 1.12 bits per heavy atom. The zero-order valence-corrected chi connectivity index (χ0v) is 14.5. The molecule has 0 aliphatic carbocycles. The second-order valence-electron chi connectivity index (χ2n) is 5.93. The monoisotopic (exact) mass is 344 g/mol. The highest BCUT2D eigenvalue weighted by Crippen LogP contribution is 2.20. The van der Waals surface area contributed by atoms with Crippen LogP contribution in [0.15, 0.2) is 64.6 Å². The molecule has 1 heterocycles. The van der Waals surface area contributed by atoms with E-state index in [2.05, 4.69) is 5.16 Å². The quantitative estimate of drug-likeness (QED) is 0.838. The summed E-state index contributed by atoms with van der Waals surface area (Å²) in [6.45, 7) is 2.29. The molecule has 0 unspecified atom stereocenters. The molecule has 126 valence electrons. The van der Waals surface area contributed by atoms with Crippen molar-refractivity contribution in [3.05, 3.63) is 65.7 Å². The van der Waals surface area contributed by atoms with Gasteiger partial charge >= 0.3 is 0 Å². The number of oxime groups is 1. The molecule has 24 heavy (non-hydrogen) atoms. The third-order valence-electron chi connectivity index (χ3n) is 4.03. The average molecular weight is 344 g/mol. The molecule has 2 aromatic carbocycles. The first-order valence-electron chi connectivity index (χ1n) is 7.78. The first-order chi connectivity index (χ1) is 11.5. The van der Waals surface area contributed by atoms with Gasteiger partial charge in [-0.3, -0.25) is 0 Å². The number of hydrogen-bond acceptors (Lipinski definition) is 4. The van der Waals surface area contributed by atoms with Crippen LogP contribution in [0.5, 0.6) is 0 Å². The van der Waals surface area contributed by atoms with Crippen molar-refractivity contribution in [1.82, 2.24) is 4.31 Å². The normalized spacial score (nSPS) is 17.6. The van der Waals surface area contributed by atoms with Gasteiger partial charge in [0, 0.05) is 13.5 Å². The lowest BCUT2D eigenvalue weighted by Crippen LogP contribution is -2.34. The Bertz CT molecular complexity index is 830. The Balaban J connectivity index is 1.65. The van der Waals surface area contributed by atoms with Crippen molar-refractivity contribution in [3.63, 3.8) is 0 Å². The van der Waals surface area contributed by atoms with E-state index >= 15 is 0 Å². The SMILES string of the molecule is Cc1ccc(C2=NO[C@H](CN(C)S(=O)(=O)c3ccccc3)C2)cc1. The number of benzene rings is 2. The fourth-order valence-electron chi connectivity index (χ4n) is 2.60. The summed E-state index contributed by atoms with van der Waals surface area (Å²) in [5.41, 5.74) is 3.05. The molecule has 0 aromatic heterocycles. The van der Waals surface area contributed by atoms with E-state index in [-0.39, 0.29) is 17.5 Å². The van der Waals surface area contributed by atoms with Gasteiger partial charge in [0.05, 0.1) is 17.2 Å². The lowest BCUT2D eigenvalue weighted by molar-refractivity contribution is 0.0740. The van der Waals surface area contributed by atoms with E-state index in [0.717, 1.165) is 11.3 Å². The Hall–Kier alpha value is -2.18. The van der Waals surface area contributed by atoms with Crippen molar-refractivity contribution in [1.29, 1.82) is 0 Å². The second kappa shape index (κ2) is 6.75. The molecule has 1 aliphatic heterocycles. The highest BCUT2D eigenvalue weighted by atomic mass is 32.2. The van der Waals surface area contributed by atoms with Gasteiger partial charge in [0.2, 0.25) is 10.0 Å². The molecule has 6 heteroatoms. The number of hydrogen-bond donors (Lipinski definition) is 0. The van der Waals surface area contributed by atoms with Crippen LogP contribution in [0.2, 0.25) is 0 Å². The number of likely N-dealkylation sites (N-methyl/N-ethyl adjacent to an activating group) is 1. The summed E-state index contributed by atoms with van der Waals surface area (Å²) >= 11 is 0. The lowest BCUT2D eigenvalue weighted by Gasteiger charge is -2.19. The van der Waals surface area contributed by atoms with Crippen molar-refractivity contribution in [3.8, 4) is 0 Å².